The molecule has 0 saturated carbocycles. The Labute approximate surface area is 236 Å². The number of imidazole rings is 1. The normalized spacial score (nSPS) is 11.9. The molecule has 0 spiro atoms. The lowest BCUT2D eigenvalue weighted by atomic mass is 9.88. The van der Waals surface area contributed by atoms with Crippen LogP contribution < -0.4 is 0 Å². The summed E-state index contributed by atoms with van der Waals surface area (Å²) in [5.74, 6) is 0.706. The summed E-state index contributed by atoms with van der Waals surface area (Å²) in [5.41, 5.74) is 4.40. The van der Waals surface area contributed by atoms with Crippen molar-refractivity contribution < 1.29 is 0 Å². The fourth-order valence-electron chi connectivity index (χ4n) is 6.64. The highest BCUT2D eigenvalue weighted by atomic mass is 15.1. The Kier molecular flexibility index (Phi) is 4.61. The third-order valence-corrected chi connectivity index (χ3v) is 8.45. The Morgan fingerprint density at radius 1 is 0.463 bits per heavy atom. The molecule has 0 radical (unpaired) electrons. The van der Waals surface area contributed by atoms with Gasteiger partial charge < -0.3 is 0 Å². The van der Waals surface area contributed by atoms with E-state index in [2.05, 4.69) is 120 Å². The molecule has 0 saturated heterocycles. The van der Waals surface area contributed by atoms with Crippen molar-refractivity contribution in [1.82, 2.24) is 14.4 Å². The van der Waals surface area contributed by atoms with Gasteiger partial charge in [-0.3, -0.25) is 4.40 Å². The Morgan fingerprint density at radius 3 is 1.78 bits per heavy atom. The Bertz CT molecular complexity index is 2440. The van der Waals surface area contributed by atoms with Gasteiger partial charge in [0.25, 0.3) is 0 Å². The number of fused-ring (bicyclic) bond motifs is 6. The van der Waals surface area contributed by atoms with Crippen molar-refractivity contribution in [3.8, 4) is 22.4 Å². The molecule has 0 N–H and O–H groups in total. The molecule has 0 aliphatic rings. The van der Waals surface area contributed by atoms with E-state index in [0.29, 0.717) is 5.78 Å². The largest absolute Gasteiger partial charge is 0.291 e. The summed E-state index contributed by atoms with van der Waals surface area (Å²) < 4.78 is 1.96. The zero-order valence-electron chi connectivity index (χ0n) is 22.1. The van der Waals surface area contributed by atoms with Crippen LogP contribution in [0.2, 0.25) is 0 Å². The van der Waals surface area contributed by atoms with Gasteiger partial charge >= 0.3 is 0 Å². The second-order valence-corrected chi connectivity index (χ2v) is 10.7. The van der Waals surface area contributed by atoms with E-state index < -0.39 is 0 Å². The van der Waals surface area contributed by atoms with Crippen LogP contribution in [0.4, 0.5) is 0 Å². The quantitative estimate of drug-likeness (QED) is 0.212. The molecule has 41 heavy (non-hydrogen) atoms. The summed E-state index contributed by atoms with van der Waals surface area (Å²) in [6.07, 6.45) is 5.78. The van der Waals surface area contributed by atoms with Gasteiger partial charge in [-0.2, -0.15) is 0 Å². The predicted octanol–water partition coefficient (Wildman–Crippen LogP) is 9.83. The van der Waals surface area contributed by atoms with Crippen molar-refractivity contribution in [2.45, 2.75) is 0 Å². The first kappa shape index (κ1) is 22.3. The molecule has 3 nitrogen and oxygen atoms in total. The summed E-state index contributed by atoms with van der Waals surface area (Å²) in [7, 11) is 0. The number of rotatable bonds is 2. The maximum Gasteiger partial charge on any atom is 0.234 e. The first-order valence-corrected chi connectivity index (χ1v) is 13.9. The highest BCUT2D eigenvalue weighted by Crippen LogP contribution is 2.42. The molecule has 0 aliphatic heterocycles. The Balaban J connectivity index is 1.39. The minimum atomic E-state index is 0.706. The molecule has 2 aromatic heterocycles. The fourth-order valence-corrected chi connectivity index (χ4v) is 6.64. The zero-order chi connectivity index (χ0) is 26.9. The van der Waals surface area contributed by atoms with Crippen LogP contribution in [0.15, 0.2) is 140 Å². The van der Waals surface area contributed by atoms with Gasteiger partial charge in [-0.1, -0.05) is 115 Å². The monoisotopic (exact) mass is 521 g/mol. The van der Waals surface area contributed by atoms with E-state index in [9.17, 15) is 0 Å². The number of benzene rings is 6. The predicted molar refractivity (Wildman–Crippen MR) is 171 cm³/mol. The number of hydrogen-bond donors (Lipinski definition) is 0. The highest BCUT2D eigenvalue weighted by molar-refractivity contribution is 6.34. The third kappa shape index (κ3) is 3.26. The average Bonchev–Trinajstić information content (AvgIpc) is 3.48. The molecule has 0 aliphatic carbocycles. The number of nitrogens with zero attached hydrogens (tertiary/aromatic N) is 3. The van der Waals surface area contributed by atoms with Gasteiger partial charge in [0.1, 0.15) is 0 Å². The first-order valence-electron chi connectivity index (χ1n) is 13.9. The molecule has 2 heterocycles. The van der Waals surface area contributed by atoms with Crippen LogP contribution in [0.1, 0.15) is 0 Å². The number of aromatic nitrogens is 3. The molecule has 9 aromatic rings. The first-order chi connectivity index (χ1) is 20.3. The average molecular weight is 522 g/mol. The summed E-state index contributed by atoms with van der Waals surface area (Å²) in [6.45, 7) is 0. The smallest absolute Gasteiger partial charge is 0.234 e. The lowest BCUT2D eigenvalue weighted by molar-refractivity contribution is 1.11. The van der Waals surface area contributed by atoms with Crippen molar-refractivity contribution in [3.05, 3.63) is 140 Å². The second-order valence-electron chi connectivity index (χ2n) is 10.7. The van der Waals surface area contributed by atoms with E-state index in [0.717, 1.165) is 11.3 Å². The summed E-state index contributed by atoms with van der Waals surface area (Å²) >= 11 is 0. The molecule has 3 heteroatoms. The van der Waals surface area contributed by atoms with E-state index in [1.165, 1.54) is 65.0 Å². The summed E-state index contributed by atoms with van der Waals surface area (Å²) in [4.78, 5) is 9.10. The highest BCUT2D eigenvalue weighted by Gasteiger charge is 2.15. The van der Waals surface area contributed by atoms with Gasteiger partial charge in [0, 0.05) is 24.2 Å². The second kappa shape index (κ2) is 8.48. The Hall–Kier alpha value is -5.54. The molecule has 0 unspecified atom stereocenters. The van der Waals surface area contributed by atoms with E-state index >= 15 is 0 Å². The maximum absolute atomic E-state index is 4.72. The van der Waals surface area contributed by atoms with E-state index in [-0.39, 0.29) is 0 Å². The zero-order valence-corrected chi connectivity index (χ0v) is 22.1. The van der Waals surface area contributed by atoms with Crippen LogP contribution in [-0.2, 0) is 0 Å². The van der Waals surface area contributed by atoms with E-state index in [4.69, 9.17) is 4.98 Å². The molecule has 7 aromatic carbocycles. The maximum atomic E-state index is 4.72. The standard InChI is InChI=1S/C38H23N3/c1-2-10-31-29(9-1)30-12-3-7-26-19-20-27-8-4-13-32(36(27)35(26)30)33-14-5-11-28(37(31)33)24-15-17-25(18-16-24)34-23-41-22-6-21-39-38(41)40-34/h1-23H. The van der Waals surface area contributed by atoms with Gasteiger partial charge in [0.2, 0.25) is 5.78 Å². The third-order valence-electron chi connectivity index (χ3n) is 8.45. The van der Waals surface area contributed by atoms with Crippen LogP contribution in [0.3, 0.4) is 0 Å². The minimum Gasteiger partial charge on any atom is -0.291 e. The van der Waals surface area contributed by atoms with Gasteiger partial charge in [-0.25, -0.2) is 9.97 Å². The molecule has 0 amide bonds. The van der Waals surface area contributed by atoms with Gasteiger partial charge in [0.05, 0.1) is 5.69 Å². The van der Waals surface area contributed by atoms with Crippen molar-refractivity contribution in [1.29, 1.82) is 0 Å². The van der Waals surface area contributed by atoms with Gasteiger partial charge in [0.15, 0.2) is 0 Å². The van der Waals surface area contributed by atoms with Crippen LogP contribution >= 0.6 is 0 Å². The topological polar surface area (TPSA) is 30.2 Å². The molecular weight excluding hydrogens is 498 g/mol. The summed E-state index contributed by atoms with van der Waals surface area (Å²) in [6, 6.07) is 44.2. The van der Waals surface area contributed by atoms with Crippen LogP contribution in [0.5, 0.6) is 0 Å². The Morgan fingerprint density at radius 2 is 1.05 bits per heavy atom. The van der Waals surface area contributed by atoms with E-state index in [1.54, 1.807) is 6.20 Å². The van der Waals surface area contributed by atoms with Gasteiger partial charge in [-0.15, -0.1) is 0 Å². The van der Waals surface area contributed by atoms with Crippen molar-refractivity contribution in [3.63, 3.8) is 0 Å². The molecule has 9 rings (SSSR count). The fraction of sp³-hybridized carbons (Fsp3) is 0. The molecule has 0 bridgehead atoms. The van der Waals surface area contributed by atoms with Crippen molar-refractivity contribution >= 4 is 59.6 Å². The molecular formula is C38H23N3. The molecule has 190 valence electrons. The minimum absolute atomic E-state index is 0.706. The lowest BCUT2D eigenvalue weighted by Crippen LogP contribution is -1.88. The summed E-state index contributed by atoms with van der Waals surface area (Å²) in [5, 5.41) is 12.8. The lowest BCUT2D eigenvalue weighted by Gasteiger charge is -2.15. The van der Waals surface area contributed by atoms with Crippen LogP contribution in [0.25, 0.3) is 82.0 Å². The van der Waals surface area contributed by atoms with Crippen molar-refractivity contribution in [2.75, 3.05) is 0 Å². The van der Waals surface area contributed by atoms with Crippen LogP contribution in [-0.4, -0.2) is 14.4 Å². The van der Waals surface area contributed by atoms with E-state index in [1.807, 2.05) is 22.9 Å². The van der Waals surface area contributed by atoms with Gasteiger partial charge in [-0.05, 0) is 71.1 Å². The van der Waals surface area contributed by atoms with Crippen molar-refractivity contribution in [2.24, 2.45) is 0 Å². The molecule has 0 fully saturated rings. The number of hydrogen-bond acceptors (Lipinski definition) is 2. The SMILES string of the molecule is c1ccc2c(c1)c1cccc3ccc4cccc(c5cccc(-c6ccc(-c7cn8cccnc8n7)cc6)c25)c4c31. The molecule has 0 atom stereocenters. The van der Waals surface area contributed by atoms with Crippen LogP contribution in [0, 0.1) is 0 Å².